The van der Waals surface area contributed by atoms with Gasteiger partial charge in [-0.25, -0.2) is 9.59 Å². The summed E-state index contributed by atoms with van der Waals surface area (Å²) in [6.45, 7) is 8.09. The smallest absolute Gasteiger partial charge is 0.338 e. The molecular formula is C35H53BrN6O8. The summed E-state index contributed by atoms with van der Waals surface area (Å²) in [7, 11) is 0. The van der Waals surface area contributed by atoms with E-state index < -0.39 is 36.1 Å². The number of halogens is 1. The van der Waals surface area contributed by atoms with Crippen molar-refractivity contribution < 1.29 is 38.6 Å². The first-order chi connectivity index (χ1) is 23.8. The van der Waals surface area contributed by atoms with E-state index in [9.17, 15) is 28.8 Å². The third-order valence-electron chi connectivity index (χ3n) is 8.63. The topological polar surface area (TPSA) is 209 Å². The Labute approximate surface area is 302 Å². The summed E-state index contributed by atoms with van der Waals surface area (Å²) in [4.78, 5) is 77.1. The Morgan fingerprint density at radius 3 is 2.32 bits per heavy atom. The van der Waals surface area contributed by atoms with Crippen molar-refractivity contribution in [2.24, 2.45) is 11.7 Å². The van der Waals surface area contributed by atoms with Gasteiger partial charge in [0.15, 0.2) is 0 Å². The number of unbranched alkanes of at least 4 members (excludes halogenated alkanes) is 1. The van der Waals surface area contributed by atoms with Gasteiger partial charge in [-0.15, -0.1) is 0 Å². The Morgan fingerprint density at radius 2 is 1.70 bits per heavy atom. The lowest BCUT2D eigenvalue weighted by atomic mass is 9.95. The molecule has 14 nitrogen and oxygen atoms in total. The predicted octanol–water partition coefficient (Wildman–Crippen LogP) is 3.65. The minimum Gasteiger partial charge on any atom is -0.481 e. The Kier molecular flexibility index (Phi) is 18.5. The number of allylic oxidation sites excluding steroid dienone is 1. The molecule has 4 atom stereocenters. The van der Waals surface area contributed by atoms with Gasteiger partial charge in [0.1, 0.15) is 0 Å². The first kappa shape index (κ1) is 42.2. The Hall–Kier alpha value is -3.98. The highest BCUT2D eigenvalue weighted by molar-refractivity contribution is 9.10. The van der Waals surface area contributed by atoms with Crippen molar-refractivity contribution in [3.8, 4) is 0 Å². The van der Waals surface area contributed by atoms with Crippen LogP contribution in [0.1, 0.15) is 97.1 Å². The van der Waals surface area contributed by atoms with E-state index >= 15 is 0 Å². The van der Waals surface area contributed by atoms with Crippen molar-refractivity contribution in [2.45, 2.75) is 104 Å². The standard InChI is InChI=1S/C35H53BrN6O8/c1-5-22(3)27(21-29(44)38-18-16-31(46)47)40-30(45)20-26(10-7-8-17-37)39-28(43)11-9-19-42-23(4)32(34(48)50-6-2)33(41-35(42)49)24-12-14-25(36)15-13-24/h12-15,22,26-27,33H,5-11,16-21,37H2,1-4H3,(H,38,44)(H,39,43)(H,40,45)(H,41,49)(H,46,47)/t22-,26-,27+,33?/m0/s1. The molecule has 1 unspecified atom stereocenters. The largest absolute Gasteiger partial charge is 0.481 e. The van der Waals surface area contributed by atoms with Crippen LogP contribution in [0.25, 0.3) is 0 Å². The van der Waals surface area contributed by atoms with Crippen LogP contribution < -0.4 is 27.0 Å². The third-order valence-corrected chi connectivity index (χ3v) is 9.16. The Balaban J connectivity index is 2.06. The molecule has 0 fully saturated rings. The maximum atomic E-state index is 13.2. The SMILES string of the molecule is CCOC(=O)C1=C(C)N(CCCC(=O)N[C@@H](CCCCN)CC(=O)N[C@H](CC(=O)NCCC(=O)O)[C@@H](C)CC)C(=O)NC1c1ccc(Br)cc1. The van der Waals surface area contributed by atoms with Gasteiger partial charge in [-0.3, -0.25) is 24.1 Å². The highest BCUT2D eigenvalue weighted by Crippen LogP contribution is 2.32. The lowest BCUT2D eigenvalue weighted by molar-refractivity contribution is -0.139. The van der Waals surface area contributed by atoms with Gasteiger partial charge < -0.3 is 36.8 Å². The van der Waals surface area contributed by atoms with Crippen LogP contribution in [0.4, 0.5) is 4.79 Å². The average molecular weight is 766 g/mol. The number of ether oxygens (including phenoxy) is 1. The highest BCUT2D eigenvalue weighted by atomic mass is 79.9. The number of aliphatic carboxylic acids is 1. The van der Waals surface area contributed by atoms with Crippen LogP contribution in [0.5, 0.6) is 0 Å². The number of nitrogens with two attached hydrogens (primary N) is 1. The number of rotatable bonds is 22. The molecule has 1 heterocycles. The zero-order chi connectivity index (χ0) is 37.2. The molecule has 0 saturated heterocycles. The Morgan fingerprint density at radius 1 is 1.00 bits per heavy atom. The van der Waals surface area contributed by atoms with Crippen molar-refractivity contribution in [2.75, 3.05) is 26.2 Å². The number of nitrogens with one attached hydrogen (secondary N) is 4. The number of urea groups is 1. The molecule has 0 aromatic heterocycles. The van der Waals surface area contributed by atoms with Crippen LogP contribution in [0.15, 0.2) is 40.0 Å². The molecular weight excluding hydrogens is 712 g/mol. The average Bonchev–Trinajstić information content (AvgIpc) is 3.05. The van der Waals surface area contributed by atoms with Crippen LogP contribution in [0.2, 0.25) is 0 Å². The second kappa shape index (κ2) is 22.0. The summed E-state index contributed by atoms with van der Waals surface area (Å²) < 4.78 is 6.18. The first-order valence-corrected chi connectivity index (χ1v) is 18.1. The van der Waals surface area contributed by atoms with E-state index in [2.05, 4.69) is 37.2 Å². The van der Waals surface area contributed by atoms with Gasteiger partial charge in [-0.1, -0.05) is 54.8 Å². The highest BCUT2D eigenvalue weighted by Gasteiger charge is 2.36. The molecule has 15 heteroatoms. The number of nitrogens with zero attached hydrogens (tertiary/aromatic N) is 1. The van der Waals surface area contributed by atoms with E-state index in [4.69, 9.17) is 15.6 Å². The zero-order valence-electron chi connectivity index (χ0n) is 29.5. The minimum absolute atomic E-state index is 0.000597. The van der Waals surface area contributed by atoms with Crippen molar-refractivity contribution in [3.05, 3.63) is 45.6 Å². The molecule has 278 valence electrons. The van der Waals surface area contributed by atoms with E-state index in [-0.39, 0.29) is 69.0 Å². The zero-order valence-corrected chi connectivity index (χ0v) is 31.1. The van der Waals surface area contributed by atoms with E-state index in [1.807, 2.05) is 38.1 Å². The molecule has 0 aliphatic carbocycles. The number of hydrogen-bond acceptors (Lipinski definition) is 8. The molecule has 2 rings (SSSR count). The number of esters is 1. The molecule has 0 saturated carbocycles. The fourth-order valence-corrected chi connectivity index (χ4v) is 5.90. The molecule has 0 spiro atoms. The van der Waals surface area contributed by atoms with Gasteiger partial charge in [0.25, 0.3) is 0 Å². The van der Waals surface area contributed by atoms with E-state index in [1.165, 1.54) is 4.90 Å². The van der Waals surface area contributed by atoms with Crippen LogP contribution >= 0.6 is 15.9 Å². The summed E-state index contributed by atoms with van der Waals surface area (Å²) in [5.74, 6) is -2.52. The Bertz CT molecular complexity index is 1350. The fraction of sp³-hybridized carbons (Fsp3) is 0.600. The monoisotopic (exact) mass is 764 g/mol. The van der Waals surface area contributed by atoms with Crippen LogP contribution in [0.3, 0.4) is 0 Å². The maximum absolute atomic E-state index is 13.2. The van der Waals surface area contributed by atoms with Crippen molar-refractivity contribution in [1.82, 2.24) is 26.2 Å². The molecule has 5 amide bonds. The minimum atomic E-state index is -1.02. The second-order valence-corrected chi connectivity index (χ2v) is 13.3. The van der Waals surface area contributed by atoms with Crippen LogP contribution in [-0.4, -0.2) is 84.0 Å². The summed E-state index contributed by atoms with van der Waals surface area (Å²) >= 11 is 3.40. The summed E-state index contributed by atoms with van der Waals surface area (Å²) in [5, 5.41) is 20.2. The van der Waals surface area contributed by atoms with E-state index in [1.54, 1.807) is 13.8 Å². The maximum Gasteiger partial charge on any atom is 0.338 e. The first-order valence-electron chi connectivity index (χ1n) is 17.3. The summed E-state index contributed by atoms with van der Waals surface area (Å²) in [5.41, 5.74) is 7.16. The normalized spacial score (nSPS) is 16.2. The number of carbonyl (C=O) groups excluding carboxylic acids is 5. The van der Waals surface area contributed by atoms with E-state index in [0.29, 0.717) is 43.5 Å². The third kappa shape index (κ3) is 14.1. The molecule has 1 aromatic carbocycles. The van der Waals surface area contributed by atoms with Gasteiger partial charge in [0.2, 0.25) is 17.7 Å². The number of hydrogen-bond donors (Lipinski definition) is 6. The molecule has 7 N–H and O–H groups in total. The summed E-state index contributed by atoms with van der Waals surface area (Å²) in [6.07, 6.45) is 2.83. The molecule has 1 aliphatic rings. The van der Waals surface area contributed by atoms with E-state index in [0.717, 1.165) is 16.5 Å². The molecule has 50 heavy (non-hydrogen) atoms. The van der Waals surface area contributed by atoms with Crippen LogP contribution in [0, 0.1) is 5.92 Å². The number of amides is 5. The quantitative estimate of drug-likeness (QED) is 0.0751. The molecule has 0 radical (unpaired) electrons. The molecule has 0 bridgehead atoms. The number of carboxylic acid groups (broad SMARTS) is 1. The van der Waals surface area contributed by atoms with Crippen molar-refractivity contribution in [3.63, 3.8) is 0 Å². The van der Waals surface area contributed by atoms with Gasteiger partial charge in [0.05, 0.1) is 24.6 Å². The molecule has 1 aliphatic heterocycles. The number of benzene rings is 1. The lowest BCUT2D eigenvalue weighted by Gasteiger charge is -2.35. The molecule has 1 aromatic rings. The van der Waals surface area contributed by atoms with Gasteiger partial charge >= 0.3 is 18.0 Å². The van der Waals surface area contributed by atoms with Crippen molar-refractivity contribution >= 4 is 51.6 Å². The van der Waals surface area contributed by atoms with Gasteiger partial charge in [0, 0.05) is 54.6 Å². The fourth-order valence-electron chi connectivity index (χ4n) is 5.64. The number of carboxylic acids is 1. The van der Waals surface area contributed by atoms with Gasteiger partial charge in [-0.2, -0.15) is 0 Å². The van der Waals surface area contributed by atoms with Crippen molar-refractivity contribution in [1.29, 1.82) is 0 Å². The summed E-state index contributed by atoms with van der Waals surface area (Å²) in [6, 6.07) is 5.26. The second-order valence-electron chi connectivity index (χ2n) is 12.4. The number of carbonyl (C=O) groups is 6. The predicted molar refractivity (Wildman–Crippen MR) is 191 cm³/mol. The van der Waals surface area contributed by atoms with Crippen LogP contribution in [-0.2, 0) is 28.7 Å². The van der Waals surface area contributed by atoms with Gasteiger partial charge in [-0.05, 0) is 63.3 Å². The lowest BCUT2D eigenvalue weighted by Crippen LogP contribution is -2.48.